The van der Waals surface area contributed by atoms with Crippen LogP contribution >= 0.6 is 15.9 Å². The van der Waals surface area contributed by atoms with Gasteiger partial charge in [0.05, 0.1) is 25.1 Å². The minimum absolute atomic E-state index is 0.120. The Kier molecular flexibility index (Phi) is 3.52. The van der Waals surface area contributed by atoms with E-state index in [9.17, 15) is 4.79 Å². The molecule has 1 aliphatic rings. The van der Waals surface area contributed by atoms with Gasteiger partial charge in [0.25, 0.3) is 0 Å². The molecule has 1 fully saturated rings. The number of hydrogen-bond acceptors (Lipinski definition) is 3. The molecule has 0 unspecified atom stereocenters. The van der Waals surface area contributed by atoms with Crippen molar-refractivity contribution in [3.8, 4) is 11.5 Å². The predicted molar refractivity (Wildman–Crippen MR) is 70.4 cm³/mol. The summed E-state index contributed by atoms with van der Waals surface area (Å²) in [4.78, 5) is 11.0. The van der Waals surface area contributed by atoms with Crippen molar-refractivity contribution in [1.82, 2.24) is 0 Å². The number of carbonyl (C=O) groups is 1. The van der Waals surface area contributed by atoms with Gasteiger partial charge in [0, 0.05) is 11.0 Å². The molecule has 18 heavy (non-hydrogen) atoms. The third kappa shape index (κ3) is 2.19. The van der Waals surface area contributed by atoms with E-state index in [0.717, 1.165) is 22.9 Å². The molecule has 98 valence electrons. The Hall–Kier alpha value is -1.23. The van der Waals surface area contributed by atoms with Gasteiger partial charge in [-0.25, -0.2) is 0 Å². The maximum Gasteiger partial charge on any atom is 0.304 e. The summed E-state index contributed by atoms with van der Waals surface area (Å²) in [5.41, 5.74) is 0.594. The summed E-state index contributed by atoms with van der Waals surface area (Å²) in [6.07, 6.45) is 1.85. The highest BCUT2D eigenvalue weighted by molar-refractivity contribution is 9.10. The van der Waals surface area contributed by atoms with E-state index >= 15 is 0 Å². The molecule has 0 radical (unpaired) electrons. The van der Waals surface area contributed by atoms with Crippen molar-refractivity contribution in [3.63, 3.8) is 0 Å². The van der Waals surface area contributed by atoms with Gasteiger partial charge in [-0.05, 0) is 40.9 Å². The first kappa shape index (κ1) is 13.2. The first-order chi connectivity index (χ1) is 8.54. The number of hydrogen-bond donors (Lipinski definition) is 1. The van der Waals surface area contributed by atoms with Crippen LogP contribution in [-0.4, -0.2) is 25.3 Å². The van der Waals surface area contributed by atoms with Crippen LogP contribution in [0.4, 0.5) is 0 Å². The molecule has 2 rings (SSSR count). The molecule has 1 aromatic carbocycles. The van der Waals surface area contributed by atoms with Gasteiger partial charge in [-0.3, -0.25) is 4.79 Å². The number of carboxylic acids is 1. The van der Waals surface area contributed by atoms with E-state index in [1.807, 2.05) is 12.1 Å². The lowest BCUT2D eigenvalue weighted by Gasteiger charge is -2.20. The fourth-order valence-corrected chi connectivity index (χ4v) is 3.23. The quantitative estimate of drug-likeness (QED) is 0.907. The van der Waals surface area contributed by atoms with Crippen molar-refractivity contribution in [2.45, 2.75) is 24.7 Å². The standard InChI is InChI=1S/C13H15BrO4/c1-17-8-3-4-9(18-2)12(14)11(8)13(5-6-13)7-10(15)16/h3-4H,5-7H2,1-2H3,(H,15,16). The number of methoxy groups -OCH3 is 2. The summed E-state index contributed by atoms with van der Waals surface area (Å²) in [6.45, 7) is 0. The van der Waals surface area contributed by atoms with Gasteiger partial charge in [0.1, 0.15) is 11.5 Å². The van der Waals surface area contributed by atoms with Gasteiger partial charge in [-0.2, -0.15) is 0 Å². The summed E-state index contributed by atoms with van der Waals surface area (Å²) in [6, 6.07) is 3.63. The zero-order chi connectivity index (χ0) is 13.3. The molecule has 5 heteroatoms. The highest BCUT2D eigenvalue weighted by Crippen LogP contribution is 2.57. The van der Waals surface area contributed by atoms with Crippen LogP contribution in [0, 0.1) is 0 Å². The van der Waals surface area contributed by atoms with Gasteiger partial charge < -0.3 is 14.6 Å². The molecule has 0 amide bonds. The largest absolute Gasteiger partial charge is 0.496 e. The van der Waals surface area contributed by atoms with Crippen molar-refractivity contribution >= 4 is 21.9 Å². The Balaban J connectivity index is 2.51. The van der Waals surface area contributed by atoms with E-state index in [-0.39, 0.29) is 11.8 Å². The zero-order valence-corrected chi connectivity index (χ0v) is 11.9. The molecule has 0 bridgehead atoms. The number of benzene rings is 1. The molecule has 1 aliphatic carbocycles. The van der Waals surface area contributed by atoms with Crippen molar-refractivity contribution < 1.29 is 19.4 Å². The molecule has 0 spiro atoms. The Morgan fingerprint density at radius 2 is 1.89 bits per heavy atom. The number of aliphatic carboxylic acids is 1. The Bertz CT molecular complexity index is 480. The van der Waals surface area contributed by atoms with Gasteiger partial charge in [0.2, 0.25) is 0 Å². The fourth-order valence-electron chi connectivity index (χ4n) is 2.32. The van der Waals surface area contributed by atoms with Crippen LogP contribution in [0.1, 0.15) is 24.8 Å². The maximum atomic E-state index is 11.0. The fraction of sp³-hybridized carbons (Fsp3) is 0.462. The highest BCUT2D eigenvalue weighted by atomic mass is 79.9. The van der Waals surface area contributed by atoms with Crippen LogP contribution in [0.15, 0.2) is 16.6 Å². The van der Waals surface area contributed by atoms with Crippen LogP contribution < -0.4 is 9.47 Å². The second kappa shape index (κ2) is 4.80. The van der Waals surface area contributed by atoms with Crippen LogP contribution in [0.5, 0.6) is 11.5 Å². The first-order valence-corrected chi connectivity index (χ1v) is 6.46. The maximum absolute atomic E-state index is 11.0. The zero-order valence-electron chi connectivity index (χ0n) is 10.3. The van der Waals surface area contributed by atoms with Crippen molar-refractivity contribution in [2.75, 3.05) is 14.2 Å². The second-order valence-corrected chi connectivity index (χ2v) is 5.30. The molecule has 4 nitrogen and oxygen atoms in total. The lowest BCUT2D eigenvalue weighted by atomic mass is 9.91. The molecule has 0 aliphatic heterocycles. The van der Waals surface area contributed by atoms with E-state index in [1.54, 1.807) is 14.2 Å². The lowest BCUT2D eigenvalue weighted by Crippen LogP contribution is -2.15. The minimum Gasteiger partial charge on any atom is -0.496 e. The molecule has 0 atom stereocenters. The molecule has 1 aromatic rings. The Morgan fingerprint density at radius 1 is 1.33 bits per heavy atom. The summed E-state index contributed by atoms with van der Waals surface area (Å²) < 4.78 is 11.4. The van der Waals surface area contributed by atoms with E-state index in [4.69, 9.17) is 14.6 Å². The number of carboxylic acid groups (broad SMARTS) is 1. The molecule has 1 N–H and O–H groups in total. The second-order valence-electron chi connectivity index (χ2n) is 4.51. The van der Waals surface area contributed by atoms with Crippen LogP contribution in [0.25, 0.3) is 0 Å². The average Bonchev–Trinajstić information content (AvgIpc) is 3.08. The Morgan fingerprint density at radius 3 is 2.33 bits per heavy atom. The van der Waals surface area contributed by atoms with E-state index < -0.39 is 5.97 Å². The molecular weight excluding hydrogens is 300 g/mol. The lowest BCUT2D eigenvalue weighted by molar-refractivity contribution is -0.137. The summed E-state index contributed by atoms with van der Waals surface area (Å²) in [5.74, 6) is 0.619. The van der Waals surface area contributed by atoms with Gasteiger partial charge in [0.15, 0.2) is 0 Å². The molecular formula is C13H15BrO4. The number of halogens is 1. The molecule has 1 saturated carbocycles. The van der Waals surface area contributed by atoms with Gasteiger partial charge in [-0.1, -0.05) is 0 Å². The molecule has 0 heterocycles. The first-order valence-electron chi connectivity index (χ1n) is 5.67. The molecule has 0 saturated heterocycles. The van der Waals surface area contributed by atoms with E-state index in [0.29, 0.717) is 11.5 Å². The SMILES string of the molecule is COc1ccc(OC)c(C2(CC(=O)O)CC2)c1Br. The minimum atomic E-state index is -0.788. The third-order valence-corrected chi connectivity index (χ3v) is 4.17. The predicted octanol–water partition coefficient (Wildman–Crippen LogP) is 2.97. The summed E-state index contributed by atoms with van der Waals surface area (Å²) in [5, 5.41) is 9.04. The third-order valence-electron chi connectivity index (χ3n) is 3.38. The van der Waals surface area contributed by atoms with Gasteiger partial charge in [-0.15, -0.1) is 0 Å². The number of rotatable bonds is 5. The van der Waals surface area contributed by atoms with Crippen molar-refractivity contribution in [3.05, 3.63) is 22.2 Å². The summed E-state index contributed by atoms with van der Waals surface area (Å²) in [7, 11) is 3.18. The molecule has 0 aromatic heterocycles. The monoisotopic (exact) mass is 314 g/mol. The summed E-state index contributed by atoms with van der Waals surface area (Å²) >= 11 is 3.50. The topological polar surface area (TPSA) is 55.8 Å². The normalized spacial score (nSPS) is 16.2. The van der Waals surface area contributed by atoms with Gasteiger partial charge >= 0.3 is 5.97 Å². The average molecular weight is 315 g/mol. The number of ether oxygens (including phenoxy) is 2. The Labute approximate surface area is 114 Å². The van der Waals surface area contributed by atoms with Crippen molar-refractivity contribution in [1.29, 1.82) is 0 Å². The van der Waals surface area contributed by atoms with E-state index in [2.05, 4.69) is 15.9 Å². The van der Waals surface area contributed by atoms with Crippen LogP contribution in [0.3, 0.4) is 0 Å². The smallest absolute Gasteiger partial charge is 0.304 e. The van der Waals surface area contributed by atoms with Crippen LogP contribution in [0.2, 0.25) is 0 Å². The highest BCUT2D eigenvalue weighted by Gasteiger charge is 2.49. The van der Waals surface area contributed by atoms with E-state index in [1.165, 1.54) is 0 Å². The van der Waals surface area contributed by atoms with Crippen molar-refractivity contribution in [2.24, 2.45) is 0 Å². The van der Waals surface area contributed by atoms with Crippen LogP contribution in [-0.2, 0) is 10.2 Å².